The second kappa shape index (κ2) is 8.58. The van der Waals surface area contributed by atoms with Crippen LogP contribution in [0.25, 0.3) is 42.4 Å². The average Bonchev–Trinajstić information content (AvgIpc) is 3.30. The van der Waals surface area contributed by atoms with Crippen molar-refractivity contribution in [1.82, 2.24) is 4.98 Å². The Bertz CT molecular complexity index is 1550. The highest BCUT2D eigenvalue weighted by atomic mass is 32.2. The highest BCUT2D eigenvalue weighted by Crippen LogP contribution is 2.45. The van der Waals surface area contributed by atoms with Gasteiger partial charge in [-0.2, -0.15) is 0 Å². The summed E-state index contributed by atoms with van der Waals surface area (Å²) in [5.74, 6) is 1.61. The average molecular weight is 486 g/mol. The van der Waals surface area contributed by atoms with E-state index in [-0.39, 0.29) is 5.41 Å². The Morgan fingerprint density at radius 1 is 1.09 bits per heavy atom. The van der Waals surface area contributed by atoms with Crippen LogP contribution >= 0.6 is 23.1 Å². The molecule has 0 radical (unpaired) electrons. The van der Waals surface area contributed by atoms with E-state index in [4.69, 9.17) is 9.40 Å². The van der Waals surface area contributed by atoms with Gasteiger partial charge in [0.1, 0.15) is 11.3 Å². The maximum atomic E-state index is 6.46. The first-order valence-corrected chi connectivity index (χ1v) is 13.5. The van der Waals surface area contributed by atoms with Crippen LogP contribution in [0.1, 0.15) is 51.5 Å². The molecule has 0 saturated carbocycles. The molecule has 0 fully saturated rings. The number of pyridine rings is 1. The van der Waals surface area contributed by atoms with Gasteiger partial charge in [-0.1, -0.05) is 59.0 Å². The summed E-state index contributed by atoms with van der Waals surface area (Å²) < 4.78 is 8.96. The molecule has 2 aromatic carbocycles. The monoisotopic (exact) mass is 485 g/mol. The van der Waals surface area contributed by atoms with Gasteiger partial charge in [-0.25, -0.2) is 0 Å². The minimum atomic E-state index is 0.0170. The Balaban J connectivity index is 1.83. The molecule has 34 heavy (non-hydrogen) atoms. The van der Waals surface area contributed by atoms with Crippen molar-refractivity contribution < 1.29 is 4.42 Å². The zero-order valence-corrected chi connectivity index (χ0v) is 22.4. The Labute approximate surface area is 210 Å². The minimum absolute atomic E-state index is 0.0170. The number of aromatic nitrogens is 1. The first-order valence-electron chi connectivity index (χ1n) is 11.8. The van der Waals surface area contributed by atoms with Crippen molar-refractivity contribution in [3.05, 3.63) is 71.5 Å². The number of furan rings is 1. The highest BCUT2D eigenvalue weighted by molar-refractivity contribution is 8.02. The van der Waals surface area contributed by atoms with Crippen molar-refractivity contribution >= 4 is 54.2 Å². The van der Waals surface area contributed by atoms with E-state index in [1.807, 2.05) is 22.9 Å². The molecule has 0 saturated heterocycles. The predicted molar refractivity (Wildman–Crippen MR) is 150 cm³/mol. The first kappa shape index (κ1) is 23.2. The summed E-state index contributed by atoms with van der Waals surface area (Å²) in [5.41, 5.74) is 5.83. The van der Waals surface area contributed by atoms with E-state index in [2.05, 4.69) is 84.5 Å². The van der Waals surface area contributed by atoms with Crippen LogP contribution in [-0.2, 0) is 11.8 Å². The van der Waals surface area contributed by atoms with Gasteiger partial charge in [0.2, 0.25) is 0 Å². The molecule has 2 nitrogen and oxygen atoms in total. The summed E-state index contributed by atoms with van der Waals surface area (Å²) in [4.78, 5) is 6.17. The van der Waals surface area contributed by atoms with E-state index in [9.17, 15) is 0 Å². The third-order valence-electron chi connectivity index (χ3n) is 6.39. The van der Waals surface area contributed by atoms with Crippen molar-refractivity contribution in [1.29, 1.82) is 0 Å². The molecule has 0 aliphatic carbocycles. The van der Waals surface area contributed by atoms with Gasteiger partial charge in [-0.15, -0.1) is 11.3 Å². The highest BCUT2D eigenvalue weighted by Gasteiger charge is 2.22. The van der Waals surface area contributed by atoms with Crippen molar-refractivity contribution in [2.75, 3.05) is 0 Å². The molecular weight excluding hydrogens is 454 g/mol. The summed E-state index contributed by atoms with van der Waals surface area (Å²) in [6.07, 6.45) is 2.96. The molecule has 0 bridgehead atoms. The maximum absolute atomic E-state index is 6.46. The quantitative estimate of drug-likeness (QED) is 0.232. The lowest BCUT2D eigenvalue weighted by Crippen LogP contribution is -2.12. The van der Waals surface area contributed by atoms with Gasteiger partial charge in [0.05, 0.1) is 5.69 Å². The van der Waals surface area contributed by atoms with Gasteiger partial charge >= 0.3 is 0 Å². The van der Waals surface area contributed by atoms with Gasteiger partial charge in [0.15, 0.2) is 0 Å². The summed E-state index contributed by atoms with van der Waals surface area (Å²) in [5, 5.41) is 5.53. The Morgan fingerprint density at radius 2 is 1.85 bits per heavy atom. The number of fused-ring (bicyclic) bond motifs is 5. The fraction of sp³-hybridized carbons (Fsp3) is 0.300. The van der Waals surface area contributed by atoms with Crippen LogP contribution in [0.4, 0.5) is 0 Å². The number of hydrogen-bond donors (Lipinski definition) is 0. The van der Waals surface area contributed by atoms with E-state index in [0.29, 0.717) is 5.92 Å². The molecule has 5 aromatic rings. The van der Waals surface area contributed by atoms with Crippen LogP contribution < -0.4 is 0 Å². The summed E-state index contributed by atoms with van der Waals surface area (Å²) >= 11 is 3.50. The normalized spacial score (nSPS) is 12.4. The number of benzene rings is 2. The van der Waals surface area contributed by atoms with Gasteiger partial charge in [0, 0.05) is 47.8 Å². The lowest BCUT2D eigenvalue weighted by molar-refractivity contribution is 0.562. The Morgan fingerprint density at radius 3 is 2.56 bits per heavy atom. The summed E-state index contributed by atoms with van der Waals surface area (Å²) in [7, 11) is 0. The van der Waals surface area contributed by atoms with Crippen molar-refractivity contribution in [2.45, 2.75) is 58.3 Å². The molecule has 0 aliphatic heterocycles. The number of aryl methyl sites for hydroxylation is 1. The van der Waals surface area contributed by atoms with Crippen LogP contribution in [0.2, 0.25) is 0 Å². The lowest BCUT2D eigenvalue weighted by Gasteiger charge is -2.23. The number of thioether (sulfide) groups is 1. The van der Waals surface area contributed by atoms with Crippen LogP contribution in [0.5, 0.6) is 0 Å². The summed E-state index contributed by atoms with van der Waals surface area (Å²) in [6, 6.07) is 13.4. The molecule has 0 amide bonds. The standard InChI is InChI=1S/C30H31NOS2/c1-8-33-23-11-9-19(16-22(23)30(5,6)7)28-26-25(13-14-31-28)34-24-12-10-20-21(15-17(2)3)18(4)32-29(20)27(24)26/h8-14,16-17H,1,15H2,2-7H3. The number of thiophene rings is 1. The van der Waals surface area contributed by atoms with Crippen LogP contribution in [-0.4, -0.2) is 4.98 Å². The van der Waals surface area contributed by atoms with Gasteiger partial charge in [-0.3, -0.25) is 4.98 Å². The molecule has 3 aromatic heterocycles. The topological polar surface area (TPSA) is 26.0 Å². The lowest BCUT2D eigenvalue weighted by atomic mass is 9.85. The third-order valence-corrected chi connectivity index (χ3v) is 8.29. The van der Waals surface area contributed by atoms with E-state index in [1.165, 1.54) is 41.6 Å². The van der Waals surface area contributed by atoms with Crippen molar-refractivity contribution in [3.8, 4) is 11.3 Å². The van der Waals surface area contributed by atoms with Crippen LogP contribution in [0.15, 0.2) is 63.9 Å². The zero-order valence-electron chi connectivity index (χ0n) is 20.8. The molecule has 3 heterocycles. The minimum Gasteiger partial charge on any atom is -0.460 e. The fourth-order valence-corrected chi connectivity index (χ4v) is 6.78. The van der Waals surface area contributed by atoms with Gasteiger partial charge < -0.3 is 4.42 Å². The van der Waals surface area contributed by atoms with Gasteiger partial charge in [0.25, 0.3) is 0 Å². The largest absolute Gasteiger partial charge is 0.460 e. The molecule has 0 unspecified atom stereocenters. The predicted octanol–water partition coefficient (Wildman–Crippen LogP) is 9.90. The number of nitrogens with zero attached hydrogens (tertiary/aromatic N) is 1. The smallest absolute Gasteiger partial charge is 0.143 e. The molecule has 0 atom stereocenters. The van der Waals surface area contributed by atoms with E-state index < -0.39 is 0 Å². The SMILES string of the molecule is C=CSc1ccc(-c2nccc3sc4ccc5c(CC(C)C)c(C)oc5c4c23)cc1C(C)(C)C. The number of hydrogen-bond acceptors (Lipinski definition) is 4. The Hall–Kier alpha value is -2.56. The summed E-state index contributed by atoms with van der Waals surface area (Å²) in [6.45, 7) is 17.3. The maximum Gasteiger partial charge on any atom is 0.143 e. The van der Waals surface area contributed by atoms with Crippen molar-refractivity contribution in [3.63, 3.8) is 0 Å². The van der Waals surface area contributed by atoms with Crippen molar-refractivity contribution in [2.24, 2.45) is 5.92 Å². The Kier molecular flexibility index (Phi) is 5.86. The molecule has 0 aliphatic rings. The number of rotatable bonds is 5. The molecule has 174 valence electrons. The fourth-order valence-electron chi connectivity index (χ4n) is 4.86. The molecule has 0 spiro atoms. The van der Waals surface area contributed by atoms with E-state index in [0.717, 1.165) is 29.0 Å². The third kappa shape index (κ3) is 3.87. The first-order chi connectivity index (χ1) is 16.2. The molecule has 0 N–H and O–H groups in total. The van der Waals surface area contributed by atoms with Crippen LogP contribution in [0.3, 0.4) is 0 Å². The second-order valence-electron chi connectivity index (χ2n) is 10.4. The molecule has 5 rings (SSSR count). The zero-order chi connectivity index (χ0) is 24.2. The van der Waals surface area contributed by atoms with Crippen LogP contribution in [0, 0.1) is 12.8 Å². The molecule has 4 heteroatoms. The second-order valence-corrected chi connectivity index (χ2v) is 12.5. The van der Waals surface area contributed by atoms with E-state index in [1.54, 1.807) is 11.8 Å². The van der Waals surface area contributed by atoms with Gasteiger partial charge in [-0.05, 0) is 66.0 Å². The van der Waals surface area contributed by atoms with E-state index >= 15 is 0 Å². The molecular formula is C30H31NOS2.